The zero-order valence-electron chi connectivity index (χ0n) is 8.24. The van der Waals surface area contributed by atoms with E-state index in [1.807, 2.05) is 0 Å². The molecule has 1 amide bonds. The van der Waals surface area contributed by atoms with Gasteiger partial charge in [0.05, 0.1) is 5.56 Å². The molecule has 5 heteroatoms. The monoisotopic (exact) mass is 209 g/mol. The number of aromatic carboxylic acids is 1. The van der Waals surface area contributed by atoms with Gasteiger partial charge in [-0.15, -0.1) is 0 Å². The molecule has 0 unspecified atom stereocenters. The number of hydrogen-bond donors (Lipinski definition) is 2. The van der Waals surface area contributed by atoms with Crippen LogP contribution in [0.5, 0.6) is 0 Å². The van der Waals surface area contributed by atoms with Crippen LogP contribution >= 0.6 is 0 Å². The van der Waals surface area contributed by atoms with Gasteiger partial charge in [0.15, 0.2) is 5.76 Å². The van der Waals surface area contributed by atoms with E-state index in [4.69, 9.17) is 9.52 Å². The van der Waals surface area contributed by atoms with E-state index in [0.29, 0.717) is 6.54 Å². The summed E-state index contributed by atoms with van der Waals surface area (Å²) in [6, 6.07) is 1.18. The summed E-state index contributed by atoms with van der Waals surface area (Å²) in [6.07, 6.45) is 1.03. The van der Waals surface area contributed by atoms with Gasteiger partial charge in [0.1, 0.15) is 6.26 Å². The number of rotatable bonds is 4. The Morgan fingerprint density at radius 3 is 2.73 bits per heavy atom. The van der Waals surface area contributed by atoms with Gasteiger partial charge in [-0.2, -0.15) is 0 Å². The van der Waals surface area contributed by atoms with Crippen LogP contribution in [0.25, 0.3) is 0 Å². The summed E-state index contributed by atoms with van der Waals surface area (Å²) in [4.78, 5) is 21.8. The molecule has 0 aliphatic carbocycles. The number of nitrogens with one attached hydrogen (secondary N) is 1. The molecule has 0 aromatic carbocycles. The molecule has 1 aromatic rings. The third-order valence-corrected chi connectivity index (χ3v) is 1.62. The molecular weight excluding hydrogens is 198 g/mol. The highest BCUT2D eigenvalue weighted by molar-refractivity contribution is 5.95. The van der Waals surface area contributed by atoms with E-state index in [0.717, 1.165) is 11.8 Å². The Hall–Kier alpha value is -2.04. The highest BCUT2D eigenvalue weighted by atomic mass is 16.4. The number of carboxylic acid groups (broad SMARTS) is 1. The van der Waals surface area contributed by atoms with Crippen LogP contribution in [0.15, 0.2) is 28.9 Å². The van der Waals surface area contributed by atoms with Gasteiger partial charge in [-0.05, 0) is 6.92 Å². The molecule has 1 heterocycles. The van der Waals surface area contributed by atoms with Crippen LogP contribution < -0.4 is 5.32 Å². The van der Waals surface area contributed by atoms with Crippen molar-refractivity contribution in [1.82, 2.24) is 5.32 Å². The highest BCUT2D eigenvalue weighted by Gasteiger charge is 2.13. The summed E-state index contributed by atoms with van der Waals surface area (Å²) in [7, 11) is 0. The smallest absolute Gasteiger partial charge is 0.338 e. The van der Waals surface area contributed by atoms with Gasteiger partial charge in [0.2, 0.25) is 0 Å². The summed E-state index contributed by atoms with van der Waals surface area (Å²) in [5.74, 6) is -1.60. The standard InChI is InChI=1S/C10H11NO4/c1-6(2)4-11-9(12)8-3-7(5-15-8)10(13)14/h3,5H,1,4H2,2H3,(H,11,12)(H,13,14). The molecule has 0 saturated heterocycles. The summed E-state index contributed by atoms with van der Waals surface area (Å²) in [5, 5.41) is 11.1. The van der Waals surface area contributed by atoms with Crippen molar-refractivity contribution in [1.29, 1.82) is 0 Å². The van der Waals surface area contributed by atoms with E-state index in [-0.39, 0.29) is 11.3 Å². The van der Waals surface area contributed by atoms with Crippen molar-refractivity contribution >= 4 is 11.9 Å². The van der Waals surface area contributed by atoms with Gasteiger partial charge in [0.25, 0.3) is 5.91 Å². The molecule has 0 atom stereocenters. The first-order chi connectivity index (χ1) is 7.00. The van der Waals surface area contributed by atoms with Gasteiger partial charge in [-0.1, -0.05) is 12.2 Å². The molecule has 1 rings (SSSR count). The van der Waals surface area contributed by atoms with Crippen molar-refractivity contribution in [2.75, 3.05) is 6.54 Å². The zero-order chi connectivity index (χ0) is 11.4. The van der Waals surface area contributed by atoms with E-state index in [9.17, 15) is 9.59 Å². The summed E-state index contributed by atoms with van der Waals surface area (Å²) in [5.41, 5.74) is 0.754. The maximum atomic E-state index is 11.3. The number of carboxylic acids is 1. The molecule has 0 aliphatic heterocycles. The van der Waals surface area contributed by atoms with E-state index < -0.39 is 11.9 Å². The van der Waals surface area contributed by atoms with Crippen molar-refractivity contribution in [2.45, 2.75) is 6.92 Å². The van der Waals surface area contributed by atoms with Gasteiger partial charge in [-0.3, -0.25) is 4.79 Å². The van der Waals surface area contributed by atoms with Crippen LogP contribution in [0.1, 0.15) is 27.8 Å². The van der Waals surface area contributed by atoms with Crippen molar-refractivity contribution in [3.8, 4) is 0 Å². The van der Waals surface area contributed by atoms with Crippen LogP contribution in [0.4, 0.5) is 0 Å². The normalized spacial score (nSPS) is 9.67. The SMILES string of the molecule is C=C(C)CNC(=O)c1cc(C(=O)O)co1. The average molecular weight is 209 g/mol. The third-order valence-electron chi connectivity index (χ3n) is 1.62. The molecule has 0 saturated carbocycles. The summed E-state index contributed by atoms with van der Waals surface area (Å²) < 4.78 is 4.80. The molecule has 15 heavy (non-hydrogen) atoms. The first-order valence-corrected chi connectivity index (χ1v) is 4.25. The fourth-order valence-corrected chi connectivity index (χ4v) is 0.886. The lowest BCUT2D eigenvalue weighted by molar-refractivity contribution is 0.0696. The van der Waals surface area contributed by atoms with Crippen LogP contribution in [0.2, 0.25) is 0 Å². The number of carbonyl (C=O) groups excluding carboxylic acids is 1. The summed E-state index contributed by atoms with van der Waals surface area (Å²) in [6.45, 7) is 5.72. The lowest BCUT2D eigenvalue weighted by Crippen LogP contribution is -2.24. The van der Waals surface area contributed by atoms with Crippen molar-refractivity contribution in [2.24, 2.45) is 0 Å². The highest BCUT2D eigenvalue weighted by Crippen LogP contribution is 2.07. The van der Waals surface area contributed by atoms with E-state index >= 15 is 0 Å². The van der Waals surface area contributed by atoms with Crippen molar-refractivity contribution < 1.29 is 19.1 Å². The van der Waals surface area contributed by atoms with Crippen LogP contribution in [-0.2, 0) is 0 Å². The van der Waals surface area contributed by atoms with Crippen molar-refractivity contribution in [3.05, 3.63) is 35.8 Å². The second-order valence-corrected chi connectivity index (χ2v) is 3.14. The molecular formula is C10H11NO4. The van der Waals surface area contributed by atoms with Gasteiger partial charge in [-0.25, -0.2) is 4.79 Å². The van der Waals surface area contributed by atoms with Crippen LogP contribution in [-0.4, -0.2) is 23.5 Å². The van der Waals surface area contributed by atoms with Gasteiger partial charge >= 0.3 is 5.97 Å². The lowest BCUT2D eigenvalue weighted by atomic mass is 10.3. The van der Waals surface area contributed by atoms with Crippen LogP contribution in [0.3, 0.4) is 0 Å². The molecule has 5 nitrogen and oxygen atoms in total. The lowest BCUT2D eigenvalue weighted by Gasteiger charge is -2.00. The number of furan rings is 1. The second-order valence-electron chi connectivity index (χ2n) is 3.14. The van der Waals surface area contributed by atoms with Crippen molar-refractivity contribution in [3.63, 3.8) is 0 Å². The number of amides is 1. The minimum Gasteiger partial charge on any atom is -0.478 e. The quantitative estimate of drug-likeness (QED) is 0.732. The predicted molar refractivity (Wildman–Crippen MR) is 52.8 cm³/mol. The molecule has 0 fully saturated rings. The maximum Gasteiger partial charge on any atom is 0.338 e. The Labute approximate surface area is 86.4 Å². The Kier molecular flexibility index (Phi) is 3.28. The molecule has 0 aliphatic rings. The Balaban J connectivity index is 2.66. The van der Waals surface area contributed by atoms with E-state index in [1.54, 1.807) is 6.92 Å². The molecule has 0 spiro atoms. The first-order valence-electron chi connectivity index (χ1n) is 4.25. The molecule has 0 radical (unpaired) electrons. The molecule has 2 N–H and O–H groups in total. The van der Waals surface area contributed by atoms with Crippen LogP contribution in [0, 0.1) is 0 Å². The van der Waals surface area contributed by atoms with Gasteiger partial charge < -0.3 is 14.8 Å². The Bertz CT molecular complexity index is 405. The minimum atomic E-state index is -1.13. The third kappa shape index (κ3) is 2.98. The Morgan fingerprint density at radius 2 is 2.27 bits per heavy atom. The fraction of sp³-hybridized carbons (Fsp3) is 0.200. The predicted octanol–water partition coefficient (Wildman–Crippen LogP) is 1.28. The molecule has 1 aromatic heterocycles. The number of hydrogen-bond acceptors (Lipinski definition) is 3. The van der Waals surface area contributed by atoms with Gasteiger partial charge in [0, 0.05) is 12.6 Å². The number of carbonyl (C=O) groups is 2. The topological polar surface area (TPSA) is 79.5 Å². The maximum absolute atomic E-state index is 11.3. The zero-order valence-corrected chi connectivity index (χ0v) is 8.24. The van der Waals surface area contributed by atoms with E-state index in [1.165, 1.54) is 6.07 Å². The molecule has 80 valence electrons. The average Bonchev–Trinajstić information content (AvgIpc) is 2.62. The molecule has 0 bridgehead atoms. The Morgan fingerprint density at radius 1 is 1.60 bits per heavy atom. The summed E-state index contributed by atoms with van der Waals surface area (Å²) >= 11 is 0. The fourth-order valence-electron chi connectivity index (χ4n) is 0.886. The first kappa shape index (κ1) is 11.0. The largest absolute Gasteiger partial charge is 0.478 e. The second kappa shape index (κ2) is 4.45. The van der Waals surface area contributed by atoms with E-state index in [2.05, 4.69) is 11.9 Å². The minimum absolute atomic E-state index is 0.0198.